The van der Waals surface area contributed by atoms with E-state index in [1.807, 2.05) is 24.3 Å². The van der Waals surface area contributed by atoms with Gasteiger partial charge in [-0.1, -0.05) is 41.9 Å². The Labute approximate surface area is 104 Å². The number of benzene rings is 2. The van der Waals surface area contributed by atoms with E-state index in [1.54, 1.807) is 12.1 Å². The van der Waals surface area contributed by atoms with Crippen LogP contribution in [0.1, 0.15) is 5.56 Å². The molecule has 0 bridgehead atoms. The van der Waals surface area contributed by atoms with Gasteiger partial charge in [0.1, 0.15) is 5.82 Å². The number of hydrogen-bond donors (Lipinski definition) is 1. The van der Waals surface area contributed by atoms with Crippen LogP contribution >= 0.6 is 11.6 Å². The average Bonchev–Trinajstić information content (AvgIpc) is 2.34. The lowest BCUT2D eigenvalue weighted by molar-refractivity contribution is 0.299. The number of halogens is 2. The fourth-order valence-electron chi connectivity index (χ4n) is 1.67. The third-order valence-corrected chi connectivity index (χ3v) is 2.91. The Kier molecular flexibility index (Phi) is 3.77. The van der Waals surface area contributed by atoms with Crippen LogP contribution in [0.15, 0.2) is 42.5 Å². The molecule has 0 amide bonds. The van der Waals surface area contributed by atoms with Gasteiger partial charge in [0.2, 0.25) is 0 Å². The first-order chi connectivity index (χ1) is 8.20. The third kappa shape index (κ3) is 2.84. The summed E-state index contributed by atoms with van der Waals surface area (Å²) >= 11 is 5.63. The molecule has 2 aromatic carbocycles. The fourth-order valence-corrected chi connectivity index (χ4v) is 1.79. The van der Waals surface area contributed by atoms with E-state index in [0.717, 1.165) is 16.7 Å². The van der Waals surface area contributed by atoms with Crippen molar-refractivity contribution < 1.29 is 9.50 Å². The van der Waals surface area contributed by atoms with Gasteiger partial charge in [0.25, 0.3) is 0 Å². The summed E-state index contributed by atoms with van der Waals surface area (Å²) in [6, 6.07) is 12.4. The van der Waals surface area contributed by atoms with Crippen molar-refractivity contribution in [1.82, 2.24) is 0 Å². The molecule has 1 N–H and O–H groups in total. The molecule has 0 aliphatic heterocycles. The van der Waals surface area contributed by atoms with Gasteiger partial charge in [-0.15, -0.1) is 0 Å². The normalized spacial score (nSPS) is 10.5. The molecule has 0 saturated carbocycles. The summed E-state index contributed by atoms with van der Waals surface area (Å²) in [7, 11) is 0. The van der Waals surface area contributed by atoms with Crippen molar-refractivity contribution in [3.05, 3.63) is 58.9 Å². The lowest BCUT2D eigenvalue weighted by Crippen LogP contribution is -1.90. The summed E-state index contributed by atoms with van der Waals surface area (Å²) in [6.45, 7) is 0.134. The van der Waals surface area contributed by atoms with Crippen LogP contribution in [-0.2, 0) is 6.42 Å². The van der Waals surface area contributed by atoms with Gasteiger partial charge in [0.15, 0.2) is 0 Å². The predicted octanol–water partition coefficient (Wildman–Crippen LogP) is 3.68. The van der Waals surface area contributed by atoms with E-state index in [1.165, 1.54) is 6.07 Å². The van der Waals surface area contributed by atoms with E-state index in [4.69, 9.17) is 16.7 Å². The van der Waals surface area contributed by atoms with Gasteiger partial charge in [0.05, 0.1) is 5.02 Å². The Morgan fingerprint density at radius 1 is 1.00 bits per heavy atom. The Balaban J connectivity index is 2.30. The number of aliphatic hydroxyl groups is 1. The number of hydrogen-bond acceptors (Lipinski definition) is 1. The SMILES string of the molecule is OCCc1ccc(-c2ccc(Cl)c(F)c2)cc1. The Hall–Kier alpha value is -1.38. The van der Waals surface area contributed by atoms with Crippen molar-refractivity contribution in [2.45, 2.75) is 6.42 Å². The average molecular weight is 251 g/mol. The van der Waals surface area contributed by atoms with Gasteiger partial charge in [0, 0.05) is 6.61 Å². The highest BCUT2D eigenvalue weighted by molar-refractivity contribution is 6.30. The van der Waals surface area contributed by atoms with Gasteiger partial charge < -0.3 is 5.11 Å². The lowest BCUT2D eigenvalue weighted by atomic mass is 10.0. The Morgan fingerprint density at radius 2 is 1.65 bits per heavy atom. The van der Waals surface area contributed by atoms with Crippen molar-refractivity contribution >= 4 is 11.6 Å². The molecule has 0 heterocycles. The Bertz CT molecular complexity index is 508. The van der Waals surface area contributed by atoms with Crippen LogP contribution in [0.2, 0.25) is 5.02 Å². The van der Waals surface area contributed by atoms with Crippen LogP contribution in [0.25, 0.3) is 11.1 Å². The van der Waals surface area contributed by atoms with Gasteiger partial charge in [-0.25, -0.2) is 4.39 Å². The van der Waals surface area contributed by atoms with Crippen molar-refractivity contribution in [3.8, 4) is 11.1 Å². The van der Waals surface area contributed by atoms with Crippen molar-refractivity contribution in [2.75, 3.05) is 6.61 Å². The highest BCUT2D eigenvalue weighted by Crippen LogP contribution is 2.24. The molecule has 17 heavy (non-hydrogen) atoms. The van der Waals surface area contributed by atoms with Crippen molar-refractivity contribution in [2.24, 2.45) is 0 Å². The molecular formula is C14H12ClFO. The summed E-state index contributed by atoms with van der Waals surface area (Å²) in [5.74, 6) is -0.413. The molecule has 0 spiro atoms. The van der Waals surface area contributed by atoms with E-state index >= 15 is 0 Å². The van der Waals surface area contributed by atoms with E-state index in [-0.39, 0.29) is 11.6 Å². The first kappa shape index (κ1) is 12.1. The van der Waals surface area contributed by atoms with Crippen LogP contribution in [-0.4, -0.2) is 11.7 Å². The maximum Gasteiger partial charge on any atom is 0.142 e. The van der Waals surface area contributed by atoms with E-state index < -0.39 is 5.82 Å². The molecule has 1 nitrogen and oxygen atoms in total. The fraction of sp³-hybridized carbons (Fsp3) is 0.143. The minimum absolute atomic E-state index is 0.130. The monoisotopic (exact) mass is 250 g/mol. The zero-order chi connectivity index (χ0) is 12.3. The summed E-state index contributed by atoms with van der Waals surface area (Å²) in [5.41, 5.74) is 2.79. The Morgan fingerprint density at radius 3 is 2.24 bits per heavy atom. The molecule has 0 aromatic heterocycles. The molecule has 0 aliphatic rings. The first-order valence-corrected chi connectivity index (χ1v) is 5.74. The first-order valence-electron chi connectivity index (χ1n) is 5.36. The van der Waals surface area contributed by atoms with Gasteiger partial charge in [-0.2, -0.15) is 0 Å². The molecule has 0 atom stereocenters. The molecule has 88 valence electrons. The zero-order valence-electron chi connectivity index (χ0n) is 9.16. The molecule has 0 aliphatic carbocycles. The smallest absolute Gasteiger partial charge is 0.142 e. The molecule has 0 unspecified atom stereocenters. The van der Waals surface area contributed by atoms with Crippen LogP contribution in [0, 0.1) is 5.82 Å². The summed E-state index contributed by atoms with van der Waals surface area (Å²) in [6.07, 6.45) is 0.634. The molecule has 2 rings (SSSR count). The van der Waals surface area contributed by atoms with Crippen LogP contribution < -0.4 is 0 Å². The maximum absolute atomic E-state index is 13.3. The topological polar surface area (TPSA) is 20.2 Å². The molecule has 0 fully saturated rings. The number of aliphatic hydroxyl groups excluding tert-OH is 1. The summed E-state index contributed by atoms with van der Waals surface area (Å²) in [4.78, 5) is 0. The molecule has 0 radical (unpaired) electrons. The van der Waals surface area contributed by atoms with Gasteiger partial charge in [-0.05, 0) is 35.2 Å². The standard InChI is InChI=1S/C14H12ClFO/c15-13-6-5-12(9-14(13)16)11-3-1-10(2-4-11)7-8-17/h1-6,9,17H,7-8H2. The second-order valence-corrected chi connectivity index (χ2v) is 4.21. The third-order valence-electron chi connectivity index (χ3n) is 2.61. The van der Waals surface area contributed by atoms with Gasteiger partial charge >= 0.3 is 0 Å². The van der Waals surface area contributed by atoms with E-state index in [0.29, 0.717) is 6.42 Å². The van der Waals surface area contributed by atoms with Gasteiger partial charge in [-0.3, -0.25) is 0 Å². The zero-order valence-corrected chi connectivity index (χ0v) is 9.91. The van der Waals surface area contributed by atoms with Crippen LogP contribution in [0.4, 0.5) is 4.39 Å². The second kappa shape index (κ2) is 5.30. The summed E-state index contributed by atoms with van der Waals surface area (Å²) < 4.78 is 13.3. The molecular weight excluding hydrogens is 239 g/mol. The van der Waals surface area contributed by atoms with E-state index in [2.05, 4.69) is 0 Å². The minimum atomic E-state index is -0.413. The minimum Gasteiger partial charge on any atom is -0.396 e. The maximum atomic E-state index is 13.3. The number of rotatable bonds is 3. The highest BCUT2D eigenvalue weighted by Gasteiger charge is 2.03. The van der Waals surface area contributed by atoms with Crippen molar-refractivity contribution in [1.29, 1.82) is 0 Å². The molecule has 3 heteroatoms. The molecule has 2 aromatic rings. The van der Waals surface area contributed by atoms with Crippen LogP contribution in [0.5, 0.6) is 0 Å². The molecule has 0 saturated heterocycles. The van der Waals surface area contributed by atoms with Crippen LogP contribution in [0.3, 0.4) is 0 Å². The lowest BCUT2D eigenvalue weighted by Gasteiger charge is -2.04. The highest BCUT2D eigenvalue weighted by atomic mass is 35.5. The summed E-state index contributed by atoms with van der Waals surface area (Å²) in [5, 5.41) is 8.94. The van der Waals surface area contributed by atoms with E-state index in [9.17, 15) is 4.39 Å². The predicted molar refractivity (Wildman–Crippen MR) is 67.6 cm³/mol. The second-order valence-electron chi connectivity index (χ2n) is 3.80. The van der Waals surface area contributed by atoms with Crippen molar-refractivity contribution in [3.63, 3.8) is 0 Å². The quantitative estimate of drug-likeness (QED) is 0.881. The largest absolute Gasteiger partial charge is 0.396 e.